The molecule has 0 atom stereocenters. The number of benzene rings is 3. The molecule has 2 saturated heterocycles. The number of likely N-dealkylation sites (tertiary alicyclic amines) is 1. The van der Waals surface area contributed by atoms with Crippen molar-refractivity contribution in [3.8, 4) is 16.9 Å². The van der Waals surface area contributed by atoms with Crippen molar-refractivity contribution in [2.45, 2.75) is 51.4 Å². The number of nitrogens with zero attached hydrogens (tertiary/aromatic N) is 3. The van der Waals surface area contributed by atoms with Crippen molar-refractivity contribution >= 4 is 23.2 Å². The largest absolute Gasteiger partial charge is 0.492 e. The van der Waals surface area contributed by atoms with Gasteiger partial charge in [-0.1, -0.05) is 12.1 Å². The molecule has 1 spiro atoms. The molecule has 3 aromatic carbocycles. The molecule has 3 aromatic rings. The molecule has 0 aliphatic carbocycles. The Balaban J connectivity index is 1.15. The first-order valence-corrected chi connectivity index (χ1v) is 14.7. The van der Waals surface area contributed by atoms with Crippen LogP contribution in [0.1, 0.15) is 58.3 Å². The molecule has 0 aromatic heterocycles. The maximum absolute atomic E-state index is 13.8. The van der Waals surface area contributed by atoms with Crippen LogP contribution in [0.3, 0.4) is 0 Å². The monoisotopic (exact) mass is 535 g/mol. The molecule has 4 heterocycles. The molecule has 0 saturated carbocycles. The molecule has 7 rings (SSSR count). The molecule has 2 fully saturated rings. The summed E-state index contributed by atoms with van der Waals surface area (Å²) < 4.78 is 6.21. The van der Waals surface area contributed by atoms with E-state index in [4.69, 9.17) is 4.74 Å². The molecule has 4 aliphatic rings. The number of fused-ring (bicyclic) bond motifs is 3. The summed E-state index contributed by atoms with van der Waals surface area (Å²) in [6.07, 6.45) is 4.60. The van der Waals surface area contributed by atoms with Gasteiger partial charge in [-0.25, -0.2) is 0 Å². The molecule has 2 amide bonds. The number of anilines is 2. The molecule has 0 bridgehead atoms. The molecule has 0 N–H and O–H groups in total. The van der Waals surface area contributed by atoms with Crippen molar-refractivity contribution in [2.75, 3.05) is 49.6 Å². The van der Waals surface area contributed by atoms with E-state index < -0.39 is 0 Å². The summed E-state index contributed by atoms with van der Waals surface area (Å²) in [5.74, 6) is 1.29. The Kier molecular flexibility index (Phi) is 6.00. The minimum Gasteiger partial charge on any atom is -0.492 e. The number of hydrogen-bond donors (Lipinski definition) is 0. The van der Waals surface area contributed by atoms with Gasteiger partial charge in [-0.3, -0.25) is 9.59 Å². The highest BCUT2D eigenvalue weighted by atomic mass is 16.5. The van der Waals surface area contributed by atoms with Crippen molar-refractivity contribution in [1.29, 1.82) is 0 Å². The van der Waals surface area contributed by atoms with Crippen molar-refractivity contribution in [2.24, 2.45) is 0 Å². The Hall–Kier alpha value is -3.64. The van der Waals surface area contributed by atoms with Crippen LogP contribution in [0.2, 0.25) is 0 Å². The third kappa shape index (κ3) is 4.03. The second-order valence-corrected chi connectivity index (χ2v) is 12.2. The van der Waals surface area contributed by atoms with E-state index >= 15 is 0 Å². The Bertz CT molecular complexity index is 1540. The number of hydrogen-bond acceptors (Lipinski definition) is 4. The molecule has 4 aliphatic heterocycles. The summed E-state index contributed by atoms with van der Waals surface area (Å²) in [6.45, 7) is 8.54. The Labute approximate surface area is 236 Å². The number of carbonyl (C=O) groups excluding carboxylic acids is 2. The zero-order chi connectivity index (χ0) is 27.6. The van der Waals surface area contributed by atoms with Crippen LogP contribution in [-0.2, 0) is 16.6 Å². The Morgan fingerprint density at radius 1 is 0.875 bits per heavy atom. The van der Waals surface area contributed by atoms with E-state index in [2.05, 4.69) is 62.2 Å². The Morgan fingerprint density at radius 3 is 2.42 bits per heavy atom. The van der Waals surface area contributed by atoms with Crippen molar-refractivity contribution in [1.82, 2.24) is 4.90 Å². The van der Waals surface area contributed by atoms with Gasteiger partial charge in [0.05, 0.1) is 6.61 Å². The van der Waals surface area contributed by atoms with Crippen molar-refractivity contribution in [3.05, 3.63) is 76.3 Å². The van der Waals surface area contributed by atoms with Gasteiger partial charge in [0, 0.05) is 47.4 Å². The third-order valence-electron chi connectivity index (χ3n) is 9.69. The van der Waals surface area contributed by atoms with Crippen LogP contribution in [0.5, 0.6) is 5.75 Å². The number of ether oxygens (including phenoxy) is 1. The highest BCUT2D eigenvalue weighted by Gasteiger charge is 2.44. The van der Waals surface area contributed by atoms with E-state index in [0.717, 1.165) is 96.9 Å². The molecule has 0 radical (unpaired) electrons. The lowest BCUT2D eigenvalue weighted by Gasteiger charge is -2.37. The maximum Gasteiger partial charge on any atom is 0.258 e. The van der Waals surface area contributed by atoms with Crippen molar-refractivity contribution in [3.63, 3.8) is 0 Å². The van der Waals surface area contributed by atoms with Gasteiger partial charge in [-0.15, -0.1) is 0 Å². The topological polar surface area (TPSA) is 53.1 Å². The van der Waals surface area contributed by atoms with E-state index in [-0.39, 0.29) is 17.2 Å². The van der Waals surface area contributed by atoms with Crippen LogP contribution in [0.25, 0.3) is 11.1 Å². The van der Waals surface area contributed by atoms with Gasteiger partial charge in [0.25, 0.3) is 5.91 Å². The molecule has 0 unspecified atom stereocenters. The van der Waals surface area contributed by atoms with Gasteiger partial charge in [-0.05, 0) is 124 Å². The highest BCUT2D eigenvalue weighted by Crippen LogP contribution is 2.49. The predicted molar refractivity (Wildman–Crippen MR) is 159 cm³/mol. The number of piperidine rings is 1. The summed E-state index contributed by atoms with van der Waals surface area (Å²) in [6, 6.07) is 16.8. The first-order valence-electron chi connectivity index (χ1n) is 14.7. The number of aryl methyl sites for hydroxylation is 2. The van der Waals surface area contributed by atoms with Crippen molar-refractivity contribution < 1.29 is 14.3 Å². The summed E-state index contributed by atoms with van der Waals surface area (Å²) in [5.41, 5.74) is 9.73. The smallest absolute Gasteiger partial charge is 0.258 e. The predicted octanol–water partition coefficient (Wildman–Crippen LogP) is 5.66. The fourth-order valence-electron chi connectivity index (χ4n) is 7.22. The second kappa shape index (κ2) is 9.48. The minimum atomic E-state index is 0.0590. The standard InChI is InChI=1S/C34H37N3O3/c1-22-17-26(6-8-27(22)24-7-9-29(23(2)18-24)36-13-4-5-32(36)38)33(39)37-14-10-25-19-31-28(20-30(25)37)34(21-40-31)11-15-35(3)16-12-34/h6-9,17-20H,4-5,10-16,21H2,1-3H3. The first-order chi connectivity index (χ1) is 19.3. The van der Waals surface area contributed by atoms with Gasteiger partial charge in [0.15, 0.2) is 0 Å². The highest BCUT2D eigenvalue weighted by molar-refractivity contribution is 6.08. The van der Waals surface area contributed by atoms with Crippen LogP contribution in [0, 0.1) is 13.8 Å². The molecule has 6 nitrogen and oxygen atoms in total. The summed E-state index contributed by atoms with van der Waals surface area (Å²) >= 11 is 0. The SMILES string of the molecule is Cc1cc(C(=O)N2CCc3cc4c(cc32)C2(CCN(C)CC2)CO4)ccc1-c1ccc(N2CCCC2=O)c(C)c1. The average Bonchev–Trinajstić information content (AvgIpc) is 3.66. The minimum absolute atomic E-state index is 0.0590. The maximum atomic E-state index is 13.8. The normalized spacial score (nSPS) is 19.7. The first kappa shape index (κ1) is 25.3. The van der Waals surface area contributed by atoms with Crippen LogP contribution in [0.4, 0.5) is 11.4 Å². The van der Waals surface area contributed by atoms with Crippen LogP contribution < -0.4 is 14.5 Å². The lowest BCUT2D eigenvalue weighted by atomic mass is 9.74. The fourth-order valence-corrected chi connectivity index (χ4v) is 7.22. The van der Waals surface area contributed by atoms with Crippen LogP contribution >= 0.6 is 0 Å². The number of carbonyl (C=O) groups is 2. The average molecular weight is 536 g/mol. The second-order valence-electron chi connectivity index (χ2n) is 12.2. The summed E-state index contributed by atoms with van der Waals surface area (Å²) in [5, 5.41) is 0. The Morgan fingerprint density at radius 2 is 1.70 bits per heavy atom. The molecular formula is C34H37N3O3. The van der Waals surface area contributed by atoms with Crippen LogP contribution in [0.15, 0.2) is 48.5 Å². The molecule has 6 heteroatoms. The van der Waals surface area contributed by atoms with Gasteiger partial charge in [-0.2, -0.15) is 0 Å². The molecular weight excluding hydrogens is 498 g/mol. The van der Waals surface area contributed by atoms with Gasteiger partial charge in [0.2, 0.25) is 5.91 Å². The lowest BCUT2D eigenvalue weighted by molar-refractivity contribution is -0.117. The fraction of sp³-hybridized carbons (Fsp3) is 0.412. The van der Waals surface area contributed by atoms with Crippen LogP contribution in [-0.4, -0.2) is 56.5 Å². The molecule has 206 valence electrons. The number of rotatable bonds is 3. The third-order valence-corrected chi connectivity index (χ3v) is 9.69. The summed E-state index contributed by atoms with van der Waals surface area (Å²) in [4.78, 5) is 32.4. The van der Waals surface area contributed by atoms with Gasteiger partial charge in [0.1, 0.15) is 5.75 Å². The van der Waals surface area contributed by atoms with Gasteiger partial charge >= 0.3 is 0 Å². The van der Waals surface area contributed by atoms with E-state index in [1.165, 1.54) is 11.1 Å². The van der Waals surface area contributed by atoms with Gasteiger partial charge < -0.3 is 19.4 Å². The van der Waals surface area contributed by atoms with E-state index in [9.17, 15) is 9.59 Å². The zero-order valence-electron chi connectivity index (χ0n) is 23.8. The quantitative estimate of drug-likeness (QED) is 0.435. The van der Waals surface area contributed by atoms with E-state index in [0.29, 0.717) is 13.0 Å². The lowest BCUT2D eigenvalue weighted by Crippen LogP contribution is -2.42. The summed E-state index contributed by atoms with van der Waals surface area (Å²) in [7, 11) is 2.19. The molecule has 40 heavy (non-hydrogen) atoms. The van der Waals surface area contributed by atoms with E-state index in [1.807, 2.05) is 21.9 Å². The zero-order valence-corrected chi connectivity index (χ0v) is 23.8. The van der Waals surface area contributed by atoms with E-state index in [1.54, 1.807) is 0 Å². The number of amides is 2.